The second-order valence-electron chi connectivity index (χ2n) is 6.50. The van der Waals surface area contributed by atoms with Crippen molar-refractivity contribution in [3.63, 3.8) is 0 Å². The van der Waals surface area contributed by atoms with E-state index < -0.39 is 0 Å². The summed E-state index contributed by atoms with van der Waals surface area (Å²) in [5, 5.41) is 11.0. The Morgan fingerprint density at radius 1 is 1.32 bits per heavy atom. The summed E-state index contributed by atoms with van der Waals surface area (Å²) in [5.41, 5.74) is 2.60. The summed E-state index contributed by atoms with van der Waals surface area (Å²) < 4.78 is 7.55. The molecule has 0 spiro atoms. The summed E-state index contributed by atoms with van der Waals surface area (Å²) in [5.74, 6) is 1.37. The van der Waals surface area contributed by atoms with Gasteiger partial charge in [0.1, 0.15) is 5.75 Å². The topological polar surface area (TPSA) is 37.6 Å². The van der Waals surface area contributed by atoms with Gasteiger partial charge in [-0.1, -0.05) is 0 Å². The Bertz CT molecular complexity index is 640. The van der Waals surface area contributed by atoms with Gasteiger partial charge in [-0.05, 0) is 62.5 Å². The summed E-state index contributed by atoms with van der Waals surface area (Å²) in [4.78, 5) is 2.49. The molecular formula is C18H26N2O2. The third-order valence-electron chi connectivity index (χ3n) is 4.99. The summed E-state index contributed by atoms with van der Waals surface area (Å²) in [7, 11) is 3.81. The molecule has 1 fully saturated rings. The first kappa shape index (κ1) is 15.4. The second-order valence-corrected chi connectivity index (χ2v) is 6.50. The highest BCUT2D eigenvalue weighted by Crippen LogP contribution is 2.28. The van der Waals surface area contributed by atoms with Crippen molar-refractivity contribution in [2.45, 2.75) is 32.4 Å². The van der Waals surface area contributed by atoms with E-state index >= 15 is 0 Å². The number of aliphatic hydroxyl groups is 1. The first-order valence-electron chi connectivity index (χ1n) is 8.11. The normalized spacial score (nSPS) is 18.7. The van der Waals surface area contributed by atoms with Gasteiger partial charge in [0.15, 0.2) is 0 Å². The van der Waals surface area contributed by atoms with Gasteiger partial charge in [0.05, 0.1) is 13.2 Å². The molecule has 120 valence electrons. The van der Waals surface area contributed by atoms with Crippen LogP contribution in [-0.4, -0.2) is 40.9 Å². The van der Waals surface area contributed by atoms with Crippen LogP contribution in [0, 0.1) is 5.92 Å². The van der Waals surface area contributed by atoms with Gasteiger partial charge in [0, 0.05) is 30.7 Å². The highest BCUT2D eigenvalue weighted by atomic mass is 16.5. The minimum atomic E-state index is -0.177. The predicted octanol–water partition coefficient (Wildman–Crippen LogP) is 2.78. The van der Waals surface area contributed by atoms with E-state index in [2.05, 4.69) is 34.8 Å². The van der Waals surface area contributed by atoms with Gasteiger partial charge >= 0.3 is 0 Å². The number of hydrogen-bond donors (Lipinski definition) is 1. The summed E-state index contributed by atoms with van der Waals surface area (Å²) in [6.07, 6.45) is 4.23. The van der Waals surface area contributed by atoms with Crippen LogP contribution in [-0.2, 0) is 13.6 Å². The van der Waals surface area contributed by atoms with Crippen molar-refractivity contribution in [2.24, 2.45) is 13.0 Å². The smallest absolute Gasteiger partial charge is 0.119 e. The minimum Gasteiger partial charge on any atom is -0.497 e. The van der Waals surface area contributed by atoms with Crippen molar-refractivity contribution in [1.82, 2.24) is 9.47 Å². The van der Waals surface area contributed by atoms with Crippen LogP contribution in [0.4, 0.5) is 0 Å². The van der Waals surface area contributed by atoms with Crippen LogP contribution in [0.3, 0.4) is 0 Å². The van der Waals surface area contributed by atoms with E-state index in [9.17, 15) is 5.11 Å². The molecule has 2 aromatic rings. The van der Waals surface area contributed by atoms with E-state index in [0.29, 0.717) is 5.92 Å². The molecule has 1 aromatic carbocycles. The van der Waals surface area contributed by atoms with Gasteiger partial charge in [-0.3, -0.25) is 4.90 Å². The van der Waals surface area contributed by atoms with Crippen LogP contribution in [0.15, 0.2) is 24.4 Å². The average Bonchev–Trinajstić information content (AvgIpc) is 2.83. The number of ether oxygens (including phenoxy) is 1. The predicted molar refractivity (Wildman–Crippen MR) is 89.2 cm³/mol. The lowest BCUT2D eigenvalue weighted by Crippen LogP contribution is -2.36. The van der Waals surface area contributed by atoms with Gasteiger partial charge in [-0.2, -0.15) is 0 Å². The first-order valence-corrected chi connectivity index (χ1v) is 8.11. The Morgan fingerprint density at radius 3 is 2.68 bits per heavy atom. The van der Waals surface area contributed by atoms with Crippen molar-refractivity contribution in [1.29, 1.82) is 0 Å². The Morgan fingerprint density at radius 2 is 2.05 bits per heavy atom. The molecule has 3 rings (SSSR count). The third kappa shape index (κ3) is 2.99. The van der Waals surface area contributed by atoms with Crippen LogP contribution in [0.1, 0.15) is 25.3 Å². The van der Waals surface area contributed by atoms with Crippen molar-refractivity contribution < 1.29 is 9.84 Å². The van der Waals surface area contributed by atoms with Gasteiger partial charge in [-0.15, -0.1) is 0 Å². The molecule has 1 aromatic heterocycles. The van der Waals surface area contributed by atoms with E-state index in [1.807, 2.05) is 13.0 Å². The lowest BCUT2D eigenvalue weighted by Gasteiger charge is -2.33. The zero-order chi connectivity index (χ0) is 15.7. The summed E-state index contributed by atoms with van der Waals surface area (Å²) >= 11 is 0. The van der Waals surface area contributed by atoms with E-state index in [1.54, 1.807) is 7.11 Å². The number of likely N-dealkylation sites (tertiary alicyclic amines) is 1. The van der Waals surface area contributed by atoms with Crippen molar-refractivity contribution >= 4 is 10.9 Å². The molecule has 0 saturated carbocycles. The number of nitrogens with zero attached hydrogens (tertiary/aromatic N) is 2. The Labute approximate surface area is 132 Å². The molecule has 22 heavy (non-hydrogen) atoms. The molecular weight excluding hydrogens is 276 g/mol. The summed E-state index contributed by atoms with van der Waals surface area (Å²) in [6, 6.07) is 6.27. The van der Waals surface area contributed by atoms with Gasteiger partial charge < -0.3 is 14.4 Å². The molecule has 1 N–H and O–H groups in total. The Balaban J connectivity index is 1.77. The fourth-order valence-corrected chi connectivity index (χ4v) is 3.54. The van der Waals surface area contributed by atoms with E-state index in [1.165, 1.54) is 16.5 Å². The average molecular weight is 302 g/mol. The highest BCUT2D eigenvalue weighted by molar-refractivity contribution is 5.85. The molecule has 1 unspecified atom stereocenters. The number of benzene rings is 1. The fraction of sp³-hybridized carbons (Fsp3) is 0.556. The SMILES string of the molecule is COc1ccc2c(c1)c(CN1CCC(C(C)O)CC1)cn2C. The highest BCUT2D eigenvalue weighted by Gasteiger charge is 2.23. The maximum Gasteiger partial charge on any atom is 0.119 e. The molecule has 1 aliphatic heterocycles. The number of aromatic nitrogens is 1. The number of aryl methyl sites for hydroxylation is 1. The van der Waals surface area contributed by atoms with Crippen molar-refractivity contribution in [3.8, 4) is 5.75 Å². The van der Waals surface area contributed by atoms with Crippen LogP contribution in [0.5, 0.6) is 5.75 Å². The third-order valence-corrected chi connectivity index (χ3v) is 4.99. The number of hydrogen-bond acceptors (Lipinski definition) is 3. The molecule has 0 radical (unpaired) electrons. The maximum atomic E-state index is 9.72. The van der Waals surface area contributed by atoms with Crippen LogP contribution in [0.25, 0.3) is 10.9 Å². The van der Waals surface area contributed by atoms with Crippen LogP contribution < -0.4 is 4.74 Å². The molecule has 0 bridgehead atoms. The van der Waals surface area contributed by atoms with E-state index in [-0.39, 0.29) is 6.10 Å². The molecule has 1 aliphatic rings. The number of rotatable bonds is 4. The molecule has 0 amide bonds. The molecule has 1 atom stereocenters. The van der Waals surface area contributed by atoms with Crippen LogP contribution >= 0.6 is 0 Å². The quantitative estimate of drug-likeness (QED) is 0.943. The molecule has 4 heteroatoms. The molecule has 0 aliphatic carbocycles. The number of aliphatic hydroxyl groups excluding tert-OH is 1. The molecule has 4 nitrogen and oxygen atoms in total. The standard InChI is InChI=1S/C18H26N2O2/c1-13(21)14-6-8-20(9-7-14)12-15-11-19(2)18-5-4-16(22-3)10-17(15)18/h4-5,10-11,13-14,21H,6-9,12H2,1-3H3. The Kier molecular flexibility index (Phi) is 4.41. The lowest BCUT2D eigenvalue weighted by molar-refractivity contribution is 0.0696. The van der Waals surface area contributed by atoms with Gasteiger partial charge in [0.25, 0.3) is 0 Å². The zero-order valence-electron chi connectivity index (χ0n) is 13.7. The maximum absolute atomic E-state index is 9.72. The lowest BCUT2D eigenvalue weighted by atomic mass is 9.92. The monoisotopic (exact) mass is 302 g/mol. The van der Waals surface area contributed by atoms with E-state index in [4.69, 9.17) is 4.74 Å². The summed E-state index contributed by atoms with van der Waals surface area (Å²) in [6.45, 7) is 5.01. The van der Waals surface area contributed by atoms with Crippen molar-refractivity contribution in [2.75, 3.05) is 20.2 Å². The van der Waals surface area contributed by atoms with Crippen molar-refractivity contribution in [3.05, 3.63) is 30.0 Å². The Hall–Kier alpha value is -1.52. The van der Waals surface area contributed by atoms with E-state index in [0.717, 1.165) is 38.2 Å². The van der Waals surface area contributed by atoms with Gasteiger partial charge in [0.2, 0.25) is 0 Å². The molecule has 1 saturated heterocycles. The number of fused-ring (bicyclic) bond motifs is 1. The largest absolute Gasteiger partial charge is 0.497 e. The fourth-order valence-electron chi connectivity index (χ4n) is 3.54. The first-order chi connectivity index (χ1) is 10.6. The number of methoxy groups -OCH3 is 1. The second kappa shape index (κ2) is 6.31. The molecule has 2 heterocycles. The zero-order valence-corrected chi connectivity index (χ0v) is 13.7. The van der Waals surface area contributed by atoms with Gasteiger partial charge in [-0.25, -0.2) is 0 Å². The van der Waals surface area contributed by atoms with Crippen LogP contribution in [0.2, 0.25) is 0 Å². The minimum absolute atomic E-state index is 0.177. The number of piperidine rings is 1.